The van der Waals surface area contributed by atoms with E-state index in [9.17, 15) is 18.0 Å². The second-order valence-corrected chi connectivity index (χ2v) is 4.91. The zero-order chi connectivity index (χ0) is 17.2. The van der Waals surface area contributed by atoms with Crippen LogP contribution < -0.4 is 5.32 Å². The highest BCUT2D eigenvalue weighted by Crippen LogP contribution is 2.31. The molecule has 3 rings (SSSR count). The van der Waals surface area contributed by atoms with Gasteiger partial charge in [-0.1, -0.05) is 30.3 Å². The van der Waals surface area contributed by atoms with Gasteiger partial charge in [-0.15, -0.1) is 0 Å². The predicted octanol–water partition coefficient (Wildman–Crippen LogP) is 3.74. The summed E-state index contributed by atoms with van der Waals surface area (Å²) in [6, 6.07) is 11.3. The molecule has 2 N–H and O–H groups in total. The molecule has 0 atom stereocenters. The second-order valence-electron chi connectivity index (χ2n) is 4.91. The maximum Gasteiger partial charge on any atom is 0.416 e. The van der Waals surface area contributed by atoms with E-state index >= 15 is 0 Å². The number of carbonyl (C=O) groups excluding carboxylic acids is 1. The minimum Gasteiger partial charge on any atom is -0.291 e. The van der Waals surface area contributed by atoms with Crippen molar-refractivity contribution < 1.29 is 18.0 Å². The number of nitrogens with one attached hydrogen (secondary N) is 2. The molecule has 8 heteroatoms. The van der Waals surface area contributed by atoms with E-state index in [-0.39, 0.29) is 5.95 Å². The van der Waals surface area contributed by atoms with Gasteiger partial charge in [0, 0.05) is 5.56 Å². The van der Waals surface area contributed by atoms with Gasteiger partial charge in [0.05, 0.1) is 5.56 Å². The molecule has 0 unspecified atom stereocenters. The molecule has 0 aliphatic carbocycles. The van der Waals surface area contributed by atoms with Gasteiger partial charge in [-0.2, -0.15) is 23.3 Å². The number of benzene rings is 2. The van der Waals surface area contributed by atoms with Crippen LogP contribution >= 0.6 is 0 Å². The summed E-state index contributed by atoms with van der Waals surface area (Å²) in [6.07, 6.45) is -3.15. The Bertz CT molecular complexity index is 843. The number of carbonyl (C=O) groups is 1. The fourth-order valence-electron chi connectivity index (χ4n) is 2.21. The van der Waals surface area contributed by atoms with Crippen LogP contribution in [-0.4, -0.2) is 21.1 Å². The summed E-state index contributed by atoms with van der Waals surface area (Å²) in [6.45, 7) is 0. The van der Waals surface area contributed by atoms with Crippen LogP contribution in [0.15, 0.2) is 54.9 Å². The highest BCUT2D eigenvalue weighted by molar-refractivity contribution is 6.07. The molecule has 0 aliphatic heterocycles. The van der Waals surface area contributed by atoms with E-state index in [1.807, 2.05) is 0 Å². The monoisotopic (exact) mass is 332 g/mol. The van der Waals surface area contributed by atoms with Crippen LogP contribution in [0.1, 0.15) is 15.9 Å². The van der Waals surface area contributed by atoms with Crippen LogP contribution in [0.3, 0.4) is 0 Å². The number of rotatable bonds is 3. The van der Waals surface area contributed by atoms with Gasteiger partial charge in [-0.25, -0.2) is 5.10 Å². The van der Waals surface area contributed by atoms with Crippen LogP contribution in [0.25, 0.3) is 11.1 Å². The van der Waals surface area contributed by atoms with E-state index in [2.05, 4.69) is 20.5 Å². The number of aromatic amines is 1. The highest BCUT2D eigenvalue weighted by Gasteiger charge is 2.30. The zero-order valence-electron chi connectivity index (χ0n) is 12.1. The van der Waals surface area contributed by atoms with E-state index in [0.717, 1.165) is 12.1 Å². The van der Waals surface area contributed by atoms with Crippen molar-refractivity contribution in [2.24, 2.45) is 0 Å². The Hall–Kier alpha value is -3.16. The largest absolute Gasteiger partial charge is 0.416 e. The average Bonchev–Trinajstić information content (AvgIpc) is 3.07. The Morgan fingerprint density at radius 3 is 2.38 bits per heavy atom. The molecule has 0 aliphatic rings. The van der Waals surface area contributed by atoms with Crippen molar-refractivity contribution in [3.05, 3.63) is 66.0 Å². The molecule has 2 aromatic carbocycles. The fraction of sp³-hybridized carbons (Fsp3) is 0.0625. The van der Waals surface area contributed by atoms with E-state index in [1.165, 1.54) is 18.5 Å². The molecule has 0 fully saturated rings. The summed E-state index contributed by atoms with van der Waals surface area (Å²) in [5.41, 5.74) is 0.595. The van der Waals surface area contributed by atoms with Crippen molar-refractivity contribution in [3.63, 3.8) is 0 Å². The van der Waals surface area contributed by atoms with Crippen LogP contribution in [0, 0.1) is 0 Å². The standard InChI is InChI=1S/C16H11F3N4O/c17-16(18,19)11-7-5-10(6-8-11)12-3-1-2-4-13(12)14(24)22-15-20-9-21-23-15/h1-9H,(H2,20,21,22,23,24). The smallest absolute Gasteiger partial charge is 0.291 e. The van der Waals surface area contributed by atoms with Gasteiger partial charge < -0.3 is 0 Å². The molecule has 1 amide bonds. The minimum absolute atomic E-state index is 0.183. The van der Waals surface area contributed by atoms with Crippen molar-refractivity contribution in [3.8, 4) is 11.1 Å². The Balaban J connectivity index is 1.93. The molecule has 0 spiro atoms. The fourth-order valence-corrected chi connectivity index (χ4v) is 2.21. The Morgan fingerprint density at radius 2 is 1.75 bits per heavy atom. The van der Waals surface area contributed by atoms with E-state index in [1.54, 1.807) is 24.3 Å². The minimum atomic E-state index is -4.40. The van der Waals surface area contributed by atoms with Crippen molar-refractivity contribution in [2.75, 3.05) is 5.32 Å². The molecule has 0 saturated heterocycles. The van der Waals surface area contributed by atoms with Crippen LogP contribution in [0.5, 0.6) is 0 Å². The molecule has 5 nitrogen and oxygen atoms in total. The van der Waals surface area contributed by atoms with Gasteiger partial charge in [0.2, 0.25) is 5.95 Å². The second kappa shape index (κ2) is 6.15. The SMILES string of the molecule is O=C(Nc1ncn[nH]1)c1ccccc1-c1ccc(C(F)(F)F)cc1. The first kappa shape index (κ1) is 15.7. The van der Waals surface area contributed by atoms with Crippen LogP contribution in [0.4, 0.5) is 19.1 Å². The number of H-pyrrole nitrogens is 1. The first-order valence-corrected chi connectivity index (χ1v) is 6.88. The van der Waals surface area contributed by atoms with E-state index < -0.39 is 17.6 Å². The van der Waals surface area contributed by atoms with Gasteiger partial charge in [0.15, 0.2) is 0 Å². The van der Waals surface area contributed by atoms with Gasteiger partial charge in [-0.3, -0.25) is 10.1 Å². The average molecular weight is 332 g/mol. The van der Waals surface area contributed by atoms with Gasteiger partial charge in [0.1, 0.15) is 6.33 Å². The van der Waals surface area contributed by atoms with Crippen molar-refractivity contribution in [1.82, 2.24) is 15.2 Å². The molecular weight excluding hydrogens is 321 g/mol. The Labute approximate surface area is 134 Å². The first-order valence-electron chi connectivity index (χ1n) is 6.88. The van der Waals surface area contributed by atoms with Crippen molar-refractivity contribution >= 4 is 11.9 Å². The number of hydrogen-bond acceptors (Lipinski definition) is 3. The highest BCUT2D eigenvalue weighted by atomic mass is 19.4. The maximum absolute atomic E-state index is 12.7. The summed E-state index contributed by atoms with van der Waals surface area (Å²) in [4.78, 5) is 16.2. The number of hydrogen-bond donors (Lipinski definition) is 2. The van der Waals surface area contributed by atoms with Crippen LogP contribution in [0.2, 0.25) is 0 Å². The maximum atomic E-state index is 12.7. The summed E-state index contributed by atoms with van der Waals surface area (Å²) in [5.74, 6) is -0.260. The third kappa shape index (κ3) is 3.27. The number of alkyl halides is 3. The molecule has 0 saturated carbocycles. The molecular formula is C16H11F3N4O. The molecule has 1 aromatic heterocycles. The molecule has 1 heterocycles. The molecule has 24 heavy (non-hydrogen) atoms. The van der Waals surface area contributed by atoms with Gasteiger partial charge in [-0.05, 0) is 29.3 Å². The molecule has 122 valence electrons. The van der Waals surface area contributed by atoms with E-state index in [0.29, 0.717) is 16.7 Å². The lowest BCUT2D eigenvalue weighted by Gasteiger charge is -2.11. The van der Waals surface area contributed by atoms with Gasteiger partial charge in [0.25, 0.3) is 5.91 Å². The summed E-state index contributed by atoms with van der Waals surface area (Å²) in [7, 11) is 0. The van der Waals surface area contributed by atoms with Crippen molar-refractivity contribution in [2.45, 2.75) is 6.18 Å². The topological polar surface area (TPSA) is 70.7 Å². The number of amides is 1. The Kier molecular flexibility index (Phi) is 4.03. The quantitative estimate of drug-likeness (QED) is 0.767. The lowest BCUT2D eigenvalue weighted by atomic mass is 9.98. The molecule has 0 bridgehead atoms. The lowest BCUT2D eigenvalue weighted by molar-refractivity contribution is -0.137. The molecule has 3 aromatic rings. The molecule has 0 radical (unpaired) electrons. The van der Waals surface area contributed by atoms with E-state index in [4.69, 9.17) is 0 Å². The number of anilines is 1. The number of halogens is 3. The summed E-state index contributed by atoms with van der Waals surface area (Å²) >= 11 is 0. The van der Waals surface area contributed by atoms with Crippen molar-refractivity contribution in [1.29, 1.82) is 0 Å². The third-order valence-electron chi connectivity index (χ3n) is 3.34. The number of nitrogens with zero attached hydrogens (tertiary/aromatic N) is 2. The Morgan fingerprint density at radius 1 is 1.04 bits per heavy atom. The third-order valence-corrected chi connectivity index (χ3v) is 3.34. The van der Waals surface area contributed by atoms with Crippen LogP contribution in [-0.2, 0) is 6.18 Å². The first-order chi connectivity index (χ1) is 11.4. The summed E-state index contributed by atoms with van der Waals surface area (Å²) in [5, 5.41) is 8.66. The lowest BCUT2D eigenvalue weighted by Crippen LogP contribution is -2.14. The predicted molar refractivity (Wildman–Crippen MR) is 81.2 cm³/mol. The number of aromatic nitrogens is 3. The zero-order valence-corrected chi connectivity index (χ0v) is 12.1. The summed E-state index contributed by atoms with van der Waals surface area (Å²) < 4.78 is 38.0. The van der Waals surface area contributed by atoms with Gasteiger partial charge >= 0.3 is 6.18 Å². The normalized spacial score (nSPS) is 11.3.